The van der Waals surface area contributed by atoms with Gasteiger partial charge in [-0.2, -0.15) is 0 Å². The van der Waals surface area contributed by atoms with E-state index in [0.717, 1.165) is 0 Å². The Morgan fingerprint density at radius 3 is 2.12 bits per heavy atom. The SMILES string of the molecule is CC(C)C(O)CNCCS(=O)(=O)C(C)(C)C. The minimum atomic E-state index is -3.06. The maximum absolute atomic E-state index is 11.7. The molecule has 0 spiro atoms. The first-order valence-corrected chi connectivity index (χ1v) is 7.34. The highest BCUT2D eigenvalue weighted by Crippen LogP contribution is 2.15. The zero-order chi connectivity index (χ0) is 13.0. The van der Waals surface area contributed by atoms with E-state index in [0.29, 0.717) is 13.1 Å². The van der Waals surface area contributed by atoms with Crippen LogP contribution in [0.4, 0.5) is 0 Å². The Morgan fingerprint density at radius 2 is 1.75 bits per heavy atom. The molecule has 0 bridgehead atoms. The van der Waals surface area contributed by atoms with Gasteiger partial charge in [0.15, 0.2) is 9.84 Å². The number of rotatable bonds is 6. The van der Waals surface area contributed by atoms with Crippen LogP contribution in [0.5, 0.6) is 0 Å². The van der Waals surface area contributed by atoms with E-state index in [1.165, 1.54) is 0 Å². The zero-order valence-electron chi connectivity index (χ0n) is 10.9. The van der Waals surface area contributed by atoms with E-state index < -0.39 is 20.7 Å². The van der Waals surface area contributed by atoms with Crippen LogP contribution in [-0.4, -0.2) is 43.2 Å². The summed E-state index contributed by atoms with van der Waals surface area (Å²) in [4.78, 5) is 0. The average molecular weight is 251 g/mol. The highest BCUT2D eigenvalue weighted by Gasteiger charge is 2.28. The Morgan fingerprint density at radius 1 is 1.25 bits per heavy atom. The fourth-order valence-electron chi connectivity index (χ4n) is 0.998. The molecule has 0 aliphatic heterocycles. The predicted octanol–water partition coefficient (Wildman–Crippen LogP) is 0.806. The van der Waals surface area contributed by atoms with Gasteiger partial charge in [-0.3, -0.25) is 0 Å². The summed E-state index contributed by atoms with van der Waals surface area (Å²) in [6.45, 7) is 9.79. The Labute approximate surface area is 99.4 Å². The quantitative estimate of drug-likeness (QED) is 0.686. The monoisotopic (exact) mass is 251 g/mol. The number of hydrogen-bond acceptors (Lipinski definition) is 4. The smallest absolute Gasteiger partial charge is 0.156 e. The van der Waals surface area contributed by atoms with E-state index in [2.05, 4.69) is 5.32 Å². The first-order valence-electron chi connectivity index (χ1n) is 5.69. The molecule has 2 N–H and O–H groups in total. The third-order valence-corrected chi connectivity index (χ3v) is 5.21. The Balaban J connectivity index is 3.93. The first kappa shape index (κ1) is 15.9. The molecule has 0 aromatic carbocycles. The second kappa shape index (κ2) is 5.98. The lowest BCUT2D eigenvalue weighted by Crippen LogP contribution is -2.37. The fraction of sp³-hybridized carbons (Fsp3) is 1.00. The van der Waals surface area contributed by atoms with E-state index in [9.17, 15) is 13.5 Å². The van der Waals surface area contributed by atoms with Gasteiger partial charge in [0.05, 0.1) is 16.6 Å². The van der Waals surface area contributed by atoms with Gasteiger partial charge >= 0.3 is 0 Å². The summed E-state index contributed by atoms with van der Waals surface area (Å²) >= 11 is 0. The van der Waals surface area contributed by atoms with Crippen LogP contribution in [-0.2, 0) is 9.84 Å². The van der Waals surface area contributed by atoms with Crippen LogP contribution in [0.3, 0.4) is 0 Å². The summed E-state index contributed by atoms with van der Waals surface area (Å²) in [5, 5.41) is 12.5. The standard InChI is InChI=1S/C11H25NO3S/c1-9(2)10(13)8-12-6-7-16(14,15)11(3,4)5/h9-10,12-13H,6-8H2,1-5H3. The molecular weight excluding hydrogens is 226 g/mol. The summed E-state index contributed by atoms with van der Waals surface area (Å²) in [5.41, 5.74) is 0. The molecule has 0 aliphatic carbocycles. The summed E-state index contributed by atoms with van der Waals surface area (Å²) in [6, 6.07) is 0. The van der Waals surface area contributed by atoms with Crippen molar-refractivity contribution in [2.24, 2.45) is 5.92 Å². The van der Waals surface area contributed by atoms with Gasteiger partial charge in [-0.25, -0.2) is 8.42 Å². The second-order valence-corrected chi connectivity index (χ2v) is 8.31. The molecule has 0 amide bonds. The third-order valence-electron chi connectivity index (χ3n) is 2.60. The van der Waals surface area contributed by atoms with Crippen molar-refractivity contribution in [3.8, 4) is 0 Å². The van der Waals surface area contributed by atoms with E-state index in [4.69, 9.17) is 0 Å². The molecule has 1 unspecified atom stereocenters. The number of nitrogens with one attached hydrogen (secondary N) is 1. The van der Waals surface area contributed by atoms with Crippen LogP contribution in [0.25, 0.3) is 0 Å². The average Bonchev–Trinajstić information content (AvgIpc) is 2.09. The van der Waals surface area contributed by atoms with Crippen molar-refractivity contribution < 1.29 is 13.5 Å². The number of aliphatic hydroxyl groups excluding tert-OH is 1. The van der Waals surface area contributed by atoms with Crippen molar-refractivity contribution in [1.82, 2.24) is 5.32 Å². The van der Waals surface area contributed by atoms with Crippen molar-refractivity contribution in [2.75, 3.05) is 18.8 Å². The largest absolute Gasteiger partial charge is 0.392 e. The molecule has 5 heteroatoms. The van der Waals surface area contributed by atoms with E-state index >= 15 is 0 Å². The van der Waals surface area contributed by atoms with Gasteiger partial charge in [0.25, 0.3) is 0 Å². The molecule has 0 heterocycles. The van der Waals surface area contributed by atoms with Crippen molar-refractivity contribution in [3.05, 3.63) is 0 Å². The van der Waals surface area contributed by atoms with Gasteiger partial charge in [-0.05, 0) is 26.7 Å². The van der Waals surface area contributed by atoms with Crippen molar-refractivity contribution >= 4 is 9.84 Å². The van der Waals surface area contributed by atoms with Crippen LogP contribution < -0.4 is 5.32 Å². The molecule has 0 aromatic heterocycles. The minimum absolute atomic E-state index is 0.112. The molecule has 0 saturated heterocycles. The molecule has 16 heavy (non-hydrogen) atoms. The number of sulfone groups is 1. The summed E-state index contributed by atoms with van der Waals surface area (Å²) in [6.07, 6.45) is -0.419. The van der Waals surface area contributed by atoms with E-state index in [1.807, 2.05) is 13.8 Å². The van der Waals surface area contributed by atoms with Gasteiger partial charge in [0.2, 0.25) is 0 Å². The van der Waals surface area contributed by atoms with Crippen LogP contribution >= 0.6 is 0 Å². The molecule has 0 fully saturated rings. The number of hydrogen-bond donors (Lipinski definition) is 2. The highest BCUT2D eigenvalue weighted by molar-refractivity contribution is 7.92. The molecule has 0 radical (unpaired) electrons. The Kier molecular flexibility index (Phi) is 5.93. The predicted molar refractivity (Wildman–Crippen MR) is 67.3 cm³/mol. The summed E-state index contributed by atoms with van der Waals surface area (Å²) in [7, 11) is -3.06. The lowest BCUT2D eigenvalue weighted by Gasteiger charge is -2.20. The summed E-state index contributed by atoms with van der Waals surface area (Å²) < 4.78 is 22.8. The molecule has 1 atom stereocenters. The first-order chi connectivity index (χ1) is 7.08. The van der Waals surface area contributed by atoms with Crippen LogP contribution in [0.1, 0.15) is 34.6 Å². The fourth-order valence-corrected chi connectivity index (χ4v) is 2.02. The minimum Gasteiger partial charge on any atom is -0.392 e. The molecule has 0 aromatic rings. The van der Waals surface area contributed by atoms with Gasteiger partial charge in [0.1, 0.15) is 0 Å². The van der Waals surface area contributed by atoms with Gasteiger partial charge < -0.3 is 10.4 Å². The topological polar surface area (TPSA) is 66.4 Å². The molecule has 98 valence electrons. The lowest BCUT2D eigenvalue weighted by molar-refractivity contribution is 0.124. The maximum Gasteiger partial charge on any atom is 0.156 e. The molecule has 4 nitrogen and oxygen atoms in total. The van der Waals surface area contributed by atoms with Crippen molar-refractivity contribution in [2.45, 2.75) is 45.5 Å². The van der Waals surface area contributed by atoms with Crippen LogP contribution in [0, 0.1) is 5.92 Å². The van der Waals surface area contributed by atoms with Gasteiger partial charge in [-0.1, -0.05) is 13.8 Å². The third kappa shape index (κ3) is 5.27. The lowest BCUT2D eigenvalue weighted by atomic mass is 10.1. The normalized spacial score (nSPS) is 15.4. The maximum atomic E-state index is 11.7. The molecule has 0 aliphatic rings. The van der Waals surface area contributed by atoms with E-state index in [1.54, 1.807) is 20.8 Å². The van der Waals surface area contributed by atoms with Crippen molar-refractivity contribution in [1.29, 1.82) is 0 Å². The highest BCUT2D eigenvalue weighted by atomic mass is 32.2. The molecule has 0 rings (SSSR count). The van der Waals surface area contributed by atoms with Crippen molar-refractivity contribution in [3.63, 3.8) is 0 Å². The Hall–Kier alpha value is -0.130. The van der Waals surface area contributed by atoms with Gasteiger partial charge in [0, 0.05) is 13.1 Å². The number of aliphatic hydroxyl groups is 1. The van der Waals surface area contributed by atoms with Crippen LogP contribution in [0.2, 0.25) is 0 Å². The van der Waals surface area contributed by atoms with Gasteiger partial charge in [-0.15, -0.1) is 0 Å². The van der Waals surface area contributed by atoms with Crippen LogP contribution in [0.15, 0.2) is 0 Å². The molecular formula is C11H25NO3S. The zero-order valence-corrected chi connectivity index (χ0v) is 11.8. The summed E-state index contributed by atoms with van der Waals surface area (Å²) in [5.74, 6) is 0.299. The second-order valence-electron chi connectivity index (χ2n) is 5.45. The Bertz CT molecular complexity index is 291. The molecule has 0 saturated carbocycles. The van der Waals surface area contributed by atoms with E-state index in [-0.39, 0.29) is 11.7 Å².